The van der Waals surface area contributed by atoms with Crippen LogP contribution in [0, 0.1) is 34.1 Å². The van der Waals surface area contributed by atoms with Crippen LogP contribution in [0.25, 0.3) is 0 Å². The number of hydrogen-bond donors (Lipinski definition) is 1. The van der Waals surface area contributed by atoms with Gasteiger partial charge in [0.05, 0.1) is 9.85 Å². The van der Waals surface area contributed by atoms with Crippen LogP contribution in [0.1, 0.15) is 21.5 Å². The van der Waals surface area contributed by atoms with Crippen LogP contribution in [-0.2, 0) is 0 Å². The predicted molar refractivity (Wildman–Crippen MR) is 88.6 cm³/mol. The number of nitro benzene ring substituents is 2. The zero-order valence-electron chi connectivity index (χ0n) is 12.7. The van der Waals surface area contributed by atoms with E-state index < -0.39 is 15.8 Å². The number of hydrogen-bond acceptors (Lipinski definition) is 5. The van der Waals surface area contributed by atoms with Crippen molar-refractivity contribution < 1.29 is 14.6 Å². The van der Waals surface area contributed by atoms with Gasteiger partial charge in [0.2, 0.25) is 0 Å². The van der Waals surface area contributed by atoms with Crippen molar-refractivity contribution in [2.45, 2.75) is 13.8 Å². The van der Waals surface area contributed by atoms with Gasteiger partial charge in [0, 0.05) is 28.9 Å². The number of aryl methyl sites for hydroxylation is 2. The van der Waals surface area contributed by atoms with Crippen LogP contribution >= 0.6 is 11.6 Å². The SMILES string of the molecule is Cc1cc([N+](=O)[O-])c(Cl)cc1NC(=O)c1ccc([N+](=O)[O-])c(C)c1. The number of nitro groups is 2. The molecule has 124 valence electrons. The molecular formula is C15H12ClN3O5. The molecule has 0 atom stereocenters. The Labute approximate surface area is 141 Å². The van der Waals surface area contributed by atoms with Crippen molar-refractivity contribution >= 4 is 34.6 Å². The van der Waals surface area contributed by atoms with Gasteiger partial charge >= 0.3 is 0 Å². The second-order valence-electron chi connectivity index (χ2n) is 5.09. The fourth-order valence-corrected chi connectivity index (χ4v) is 2.37. The summed E-state index contributed by atoms with van der Waals surface area (Å²) in [7, 11) is 0. The summed E-state index contributed by atoms with van der Waals surface area (Å²) in [5.41, 5.74) is 1.04. The van der Waals surface area contributed by atoms with Gasteiger partial charge in [-0.15, -0.1) is 0 Å². The van der Waals surface area contributed by atoms with Crippen molar-refractivity contribution in [1.82, 2.24) is 0 Å². The molecule has 2 aromatic rings. The topological polar surface area (TPSA) is 115 Å². The Hall–Kier alpha value is -3.00. The summed E-state index contributed by atoms with van der Waals surface area (Å²) in [6, 6.07) is 6.54. The highest BCUT2D eigenvalue weighted by Crippen LogP contribution is 2.31. The highest BCUT2D eigenvalue weighted by molar-refractivity contribution is 6.33. The number of benzene rings is 2. The maximum Gasteiger partial charge on any atom is 0.288 e. The number of halogens is 1. The smallest absolute Gasteiger partial charge is 0.288 e. The van der Waals surface area contributed by atoms with Crippen molar-refractivity contribution in [3.8, 4) is 0 Å². The molecule has 2 rings (SSSR count). The van der Waals surface area contributed by atoms with Gasteiger partial charge in [0.1, 0.15) is 5.02 Å². The summed E-state index contributed by atoms with van der Waals surface area (Å²) in [6.07, 6.45) is 0. The molecule has 0 unspecified atom stereocenters. The first-order chi connectivity index (χ1) is 11.2. The van der Waals surface area contributed by atoms with Crippen LogP contribution in [0.3, 0.4) is 0 Å². The van der Waals surface area contributed by atoms with Crippen LogP contribution < -0.4 is 5.32 Å². The first kappa shape index (κ1) is 17.4. The summed E-state index contributed by atoms with van der Waals surface area (Å²) in [5.74, 6) is -0.499. The molecule has 1 N–H and O–H groups in total. The first-order valence-electron chi connectivity index (χ1n) is 6.71. The molecule has 24 heavy (non-hydrogen) atoms. The Balaban J connectivity index is 2.30. The maximum atomic E-state index is 12.3. The Morgan fingerprint density at radius 1 is 1.00 bits per heavy atom. The van der Waals surface area contributed by atoms with E-state index in [9.17, 15) is 25.0 Å². The van der Waals surface area contributed by atoms with Gasteiger partial charge in [-0.25, -0.2) is 0 Å². The third-order valence-electron chi connectivity index (χ3n) is 3.39. The van der Waals surface area contributed by atoms with Crippen molar-refractivity contribution in [2.24, 2.45) is 0 Å². The van der Waals surface area contributed by atoms with Crippen molar-refractivity contribution in [2.75, 3.05) is 5.32 Å². The minimum atomic E-state index is -0.610. The predicted octanol–water partition coefficient (Wildman–Crippen LogP) is 4.03. The molecule has 0 heterocycles. The number of carbonyl (C=O) groups is 1. The van der Waals surface area contributed by atoms with E-state index in [-0.39, 0.29) is 22.0 Å². The van der Waals surface area contributed by atoms with Crippen LogP contribution in [0.5, 0.6) is 0 Å². The molecule has 0 spiro atoms. The lowest BCUT2D eigenvalue weighted by atomic mass is 10.1. The van der Waals surface area contributed by atoms with Crippen LogP contribution in [0.4, 0.5) is 17.1 Å². The molecular weight excluding hydrogens is 338 g/mol. The Bertz CT molecular complexity index is 866. The Morgan fingerprint density at radius 3 is 2.17 bits per heavy atom. The van der Waals surface area contributed by atoms with Gasteiger partial charge < -0.3 is 5.32 Å². The lowest BCUT2D eigenvalue weighted by Gasteiger charge is -2.10. The summed E-state index contributed by atoms with van der Waals surface area (Å²) >= 11 is 5.84. The highest BCUT2D eigenvalue weighted by atomic mass is 35.5. The van der Waals surface area contributed by atoms with Gasteiger partial charge in [-0.2, -0.15) is 0 Å². The summed E-state index contributed by atoms with van der Waals surface area (Å²) in [4.78, 5) is 32.8. The zero-order valence-corrected chi connectivity index (χ0v) is 13.5. The Kier molecular flexibility index (Phi) is 4.79. The van der Waals surface area contributed by atoms with Crippen molar-refractivity contribution in [3.63, 3.8) is 0 Å². The van der Waals surface area contributed by atoms with E-state index in [1.54, 1.807) is 6.92 Å². The van der Waals surface area contributed by atoms with E-state index >= 15 is 0 Å². The standard InChI is InChI=1S/C15H12ClN3O5/c1-8-6-14(19(23)24)11(16)7-12(8)17-15(20)10-3-4-13(18(21)22)9(2)5-10/h3-7H,1-2H3,(H,17,20). The normalized spacial score (nSPS) is 10.3. The highest BCUT2D eigenvalue weighted by Gasteiger charge is 2.18. The average molecular weight is 350 g/mol. The second-order valence-corrected chi connectivity index (χ2v) is 5.50. The van der Waals surface area contributed by atoms with Crippen LogP contribution in [0.15, 0.2) is 30.3 Å². The molecule has 8 nitrogen and oxygen atoms in total. The van der Waals surface area contributed by atoms with E-state index in [1.165, 1.54) is 37.3 Å². The lowest BCUT2D eigenvalue weighted by molar-refractivity contribution is -0.385. The van der Waals surface area contributed by atoms with E-state index in [1.807, 2.05) is 0 Å². The number of carbonyl (C=O) groups excluding carboxylic acids is 1. The van der Waals surface area contributed by atoms with E-state index in [4.69, 9.17) is 11.6 Å². The van der Waals surface area contributed by atoms with Gasteiger partial charge in [-0.1, -0.05) is 11.6 Å². The molecule has 0 radical (unpaired) electrons. The lowest BCUT2D eigenvalue weighted by Crippen LogP contribution is -2.13. The summed E-state index contributed by atoms with van der Waals surface area (Å²) in [6.45, 7) is 3.13. The van der Waals surface area contributed by atoms with Gasteiger partial charge in [0.25, 0.3) is 17.3 Å². The maximum absolute atomic E-state index is 12.3. The number of rotatable bonds is 4. The fourth-order valence-electron chi connectivity index (χ4n) is 2.14. The van der Waals surface area contributed by atoms with E-state index in [2.05, 4.69) is 5.32 Å². The monoisotopic (exact) mass is 349 g/mol. The van der Waals surface area contributed by atoms with Crippen molar-refractivity contribution in [3.05, 3.63) is 72.3 Å². The molecule has 0 aliphatic carbocycles. The van der Waals surface area contributed by atoms with Gasteiger partial charge in [-0.3, -0.25) is 25.0 Å². The third kappa shape index (κ3) is 3.49. The Morgan fingerprint density at radius 2 is 1.62 bits per heavy atom. The molecule has 0 fully saturated rings. The van der Waals surface area contributed by atoms with E-state index in [0.29, 0.717) is 16.8 Å². The second kappa shape index (κ2) is 6.63. The number of nitrogens with zero attached hydrogens (tertiary/aromatic N) is 2. The molecule has 0 saturated heterocycles. The summed E-state index contributed by atoms with van der Waals surface area (Å²) < 4.78 is 0. The first-order valence-corrected chi connectivity index (χ1v) is 7.09. The van der Waals surface area contributed by atoms with Crippen LogP contribution in [-0.4, -0.2) is 15.8 Å². The average Bonchev–Trinajstić information content (AvgIpc) is 2.49. The summed E-state index contributed by atoms with van der Waals surface area (Å²) in [5, 5.41) is 24.1. The molecule has 0 aromatic heterocycles. The third-order valence-corrected chi connectivity index (χ3v) is 3.70. The molecule has 0 aliphatic heterocycles. The van der Waals surface area contributed by atoms with Crippen LogP contribution in [0.2, 0.25) is 5.02 Å². The zero-order chi connectivity index (χ0) is 18.0. The minimum absolute atomic E-state index is 0.0823. The number of nitrogens with one attached hydrogen (secondary N) is 1. The van der Waals surface area contributed by atoms with Crippen molar-refractivity contribution in [1.29, 1.82) is 0 Å². The molecule has 0 bridgehead atoms. The quantitative estimate of drug-likeness (QED) is 0.660. The van der Waals surface area contributed by atoms with Gasteiger partial charge in [-0.05, 0) is 37.6 Å². The molecule has 0 aliphatic rings. The molecule has 1 amide bonds. The molecule has 2 aromatic carbocycles. The number of amides is 1. The van der Waals surface area contributed by atoms with Gasteiger partial charge in [0.15, 0.2) is 0 Å². The molecule has 9 heteroatoms. The fraction of sp³-hybridized carbons (Fsp3) is 0.133. The molecule has 0 saturated carbocycles. The minimum Gasteiger partial charge on any atom is -0.322 e. The largest absolute Gasteiger partial charge is 0.322 e. The van der Waals surface area contributed by atoms with E-state index in [0.717, 1.165) is 0 Å². The number of anilines is 1.